The van der Waals surface area contributed by atoms with Gasteiger partial charge in [0.1, 0.15) is 5.60 Å². The van der Waals surface area contributed by atoms with Crippen molar-refractivity contribution in [2.75, 3.05) is 0 Å². The number of carboxylic acids is 1. The third kappa shape index (κ3) is 5.41. The van der Waals surface area contributed by atoms with E-state index in [1.807, 2.05) is 0 Å². The minimum atomic E-state index is -1.10. The molecule has 1 atom stereocenters. The lowest BCUT2D eigenvalue weighted by Gasteiger charge is -2.20. The average Bonchev–Trinajstić information content (AvgIpc) is 2.31. The quantitative estimate of drug-likeness (QED) is 0.488. The third-order valence-corrected chi connectivity index (χ3v) is 2.87. The predicted molar refractivity (Wildman–Crippen MR) is 73.9 cm³/mol. The second-order valence-corrected chi connectivity index (χ2v) is 6.00. The van der Waals surface area contributed by atoms with Crippen molar-refractivity contribution in [2.45, 2.75) is 46.1 Å². The average molecular weight is 296 g/mol. The van der Waals surface area contributed by atoms with Crippen LogP contribution in [0.15, 0.2) is 18.2 Å². The number of aryl methyl sites for hydroxylation is 1. The Labute approximate surface area is 123 Å². The molecule has 1 aromatic heterocycles. The van der Waals surface area contributed by atoms with E-state index >= 15 is 0 Å². The van der Waals surface area contributed by atoms with Gasteiger partial charge in [-0.3, -0.25) is 14.8 Å². The SMILES string of the molecule is Cc1cccc(C[C@H](CC(=O)OC(C)(C)C)C(=O)O)[n+]1O. The highest BCUT2D eigenvalue weighted by Crippen LogP contribution is 2.15. The minimum Gasteiger partial charge on any atom is -0.481 e. The number of carbonyl (C=O) groups is 2. The van der Waals surface area contributed by atoms with Gasteiger partial charge in [0.25, 0.3) is 0 Å². The monoisotopic (exact) mass is 296 g/mol. The number of esters is 1. The molecule has 1 aromatic rings. The maximum atomic E-state index is 11.8. The summed E-state index contributed by atoms with van der Waals surface area (Å²) in [6.07, 6.45) is -0.187. The first kappa shape index (κ1) is 16.9. The number of pyridine rings is 1. The molecule has 0 saturated carbocycles. The van der Waals surface area contributed by atoms with E-state index < -0.39 is 23.5 Å². The molecule has 0 saturated heterocycles. The summed E-state index contributed by atoms with van der Waals surface area (Å²) in [5.74, 6) is -2.60. The molecular formula is C15H22NO5+. The van der Waals surface area contributed by atoms with Crippen molar-refractivity contribution in [2.24, 2.45) is 5.92 Å². The standard InChI is InChI=1S/C15H21NO5/c1-10-6-5-7-12(16(10)20)8-11(14(18)19)9-13(17)21-15(2,3)4/h5-7,11H,8-9H2,1-4H3,(H-,18,19,20)/p+1/t11-/m1/s1. The van der Waals surface area contributed by atoms with E-state index in [0.717, 1.165) is 4.73 Å². The number of hydrogen-bond acceptors (Lipinski definition) is 4. The van der Waals surface area contributed by atoms with Crippen molar-refractivity contribution in [1.29, 1.82) is 0 Å². The summed E-state index contributed by atoms with van der Waals surface area (Å²) in [6.45, 7) is 6.88. The van der Waals surface area contributed by atoms with Gasteiger partial charge in [-0.05, 0) is 26.8 Å². The van der Waals surface area contributed by atoms with Gasteiger partial charge >= 0.3 is 11.9 Å². The highest BCUT2D eigenvalue weighted by Gasteiger charge is 2.29. The fraction of sp³-hybridized carbons (Fsp3) is 0.533. The van der Waals surface area contributed by atoms with Gasteiger partial charge in [0.2, 0.25) is 11.4 Å². The first-order valence-corrected chi connectivity index (χ1v) is 6.74. The molecule has 6 heteroatoms. The molecule has 1 rings (SSSR count). The molecule has 0 aliphatic carbocycles. The van der Waals surface area contributed by atoms with Crippen LogP contribution in [0, 0.1) is 12.8 Å². The van der Waals surface area contributed by atoms with Gasteiger partial charge in [-0.1, -0.05) is 0 Å². The zero-order valence-corrected chi connectivity index (χ0v) is 12.8. The van der Waals surface area contributed by atoms with Crippen LogP contribution < -0.4 is 4.73 Å². The Kier molecular flexibility index (Phi) is 5.29. The fourth-order valence-electron chi connectivity index (χ4n) is 1.90. The number of ether oxygens (including phenoxy) is 1. The highest BCUT2D eigenvalue weighted by atomic mass is 16.6. The maximum Gasteiger partial charge on any atom is 0.307 e. The number of nitrogens with zero attached hydrogens (tertiary/aromatic N) is 1. The van der Waals surface area contributed by atoms with Gasteiger partial charge in [-0.25, -0.2) is 0 Å². The normalized spacial score (nSPS) is 12.8. The van der Waals surface area contributed by atoms with Crippen LogP contribution in [0.3, 0.4) is 0 Å². The molecule has 0 spiro atoms. The van der Waals surface area contributed by atoms with Gasteiger partial charge < -0.3 is 9.84 Å². The number of aromatic nitrogens is 1. The minimum absolute atomic E-state index is 0.0484. The molecule has 0 aromatic carbocycles. The van der Waals surface area contributed by atoms with Crippen LogP contribution in [-0.4, -0.2) is 27.9 Å². The van der Waals surface area contributed by atoms with E-state index in [-0.39, 0.29) is 12.8 Å². The van der Waals surface area contributed by atoms with Gasteiger partial charge in [-0.15, -0.1) is 0 Å². The van der Waals surface area contributed by atoms with E-state index in [1.165, 1.54) is 0 Å². The van der Waals surface area contributed by atoms with Crippen LogP contribution in [0.5, 0.6) is 0 Å². The van der Waals surface area contributed by atoms with Gasteiger partial charge in [-0.2, -0.15) is 0 Å². The first-order chi connectivity index (χ1) is 9.60. The summed E-state index contributed by atoms with van der Waals surface area (Å²) in [6, 6.07) is 5.05. The Hall–Kier alpha value is -2.11. The summed E-state index contributed by atoms with van der Waals surface area (Å²) in [5, 5.41) is 19.1. The largest absolute Gasteiger partial charge is 0.481 e. The molecule has 2 N–H and O–H groups in total. The lowest BCUT2D eigenvalue weighted by molar-refractivity contribution is -0.913. The van der Waals surface area contributed by atoms with Crippen molar-refractivity contribution in [3.05, 3.63) is 29.6 Å². The van der Waals surface area contributed by atoms with E-state index in [0.29, 0.717) is 11.4 Å². The summed E-state index contributed by atoms with van der Waals surface area (Å²) in [4.78, 5) is 23.1. The van der Waals surface area contributed by atoms with Crippen molar-refractivity contribution >= 4 is 11.9 Å². The summed E-state index contributed by atoms with van der Waals surface area (Å²) in [5.41, 5.74) is 0.375. The van der Waals surface area contributed by atoms with E-state index in [2.05, 4.69) is 0 Å². The fourth-order valence-corrected chi connectivity index (χ4v) is 1.90. The molecule has 0 aliphatic rings. The molecule has 0 aliphatic heterocycles. The Bertz CT molecular complexity index is 533. The molecule has 0 bridgehead atoms. The van der Waals surface area contributed by atoms with Gasteiger partial charge in [0.05, 0.1) is 18.8 Å². The van der Waals surface area contributed by atoms with Crippen LogP contribution in [0.4, 0.5) is 0 Å². The first-order valence-electron chi connectivity index (χ1n) is 6.74. The topological polar surface area (TPSA) is 87.7 Å². The highest BCUT2D eigenvalue weighted by molar-refractivity contribution is 5.79. The maximum absolute atomic E-state index is 11.8. The molecular weight excluding hydrogens is 274 g/mol. The van der Waals surface area contributed by atoms with Gasteiger partial charge in [0, 0.05) is 23.8 Å². The van der Waals surface area contributed by atoms with Crippen LogP contribution in [0.25, 0.3) is 0 Å². The molecule has 1 heterocycles. The number of aliphatic carboxylic acids is 1. The Morgan fingerprint density at radius 3 is 2.48 bits per heavy atom. The molecule has 0 radical (unpaired) electrons. The van der Waals surface area contributed by atoms with Crippen LogP contribution in [0.2, 0.25) is 0 Å². The Morgan fingerprint density at radius 2 is 1.95 bits per heavy atom. The zero-order valence-electron chi connectivity index (χ0n) is 12.8. The zero-order chi connectivity index (χ0) is 16.2. The number of rotatable bonds is 5. The smallest absolute Gasteiger partial charge is 0.307 e. The molecule has 21 heavy (non-hydrogen) atoms. The number of carboxylic acid groups (broad SMARTS) is 1. The van der Waals surface area contributed by atoms with Gasteiger partial charge in [0.15, 0.2) is 0 Å². The summed E-state index contributed by atoms with van der Waals surface area (Å²) < 4.78 is 6.07. The molecule has 0 amide bonds. The van der Waals surface area contributed by atoms with E-state index in [1.54, 1.807) is 45.9 Å². The Balaban J connectivity index is 2.82. The van der Waals surface area contributed by atoms with E-state index in [4.69, 9.17) is 4.74 Å². The molecule has 6 nitrogen and oxygen atoms in total. The second-order valence-electron chi connectivity index (χ2n) is 6.00. The summed E-state index contributed by atoms with van der Waals surface area (Å²) in [7, 11) is 0. The molecule has 116 valence electrons. The van der Waals surface area contributed by atoms with Crippen molar-refractivity contribution in [3.63, 3.8) is 0 Å². The predicted octanol–water partition coefficient (Wildman–Crippen LogP) is 1.49. The van der Waals surface area contributed by atoms with Crippen molar-refractivity contribution in [3.8, 4) is 0 Å². The van der Waals surface area contributed by atoms with E-state index in [9.17, 15) is 19.9 Å². The Morgan fingerprint density at radius 1 is 1.33 bits per heavy atom. The van der Waals surface area contributed by atoms with Crippen LogP contribution in [-0.2, 0) is 20.7 Å². The second kappa shape index (κ2) is 6.56. The molecule has 0 fully saturated rings. The summed E-state index contributed by atoms with van der Waals surface area (Å²) >= 11 is 0. The van der Waals surface area contributed by atoms with Crippen molar-refractivity contribution < 1.29 is 29.4 Å². The molecule has 0 unspecified atom stereocenters. The lowest BCUT2D eigenvalue weighted by atomic mass is 9.99. The van der Waals surface area contributed by atoms with Crippen LogP contribution in [0.1, 0.15) is 38.6 Å². The lowest BCUT2D eigenvalue weighted by Crippen LogP contribution is -2.40. The number of carbonyl (C=O) groups excluding carboxylic acids is 1. The van der Waals surface area contributed by atoms with Crippen molar-refractivity contribution in [1.82, 2.24) is 0 Å². The number of hydrogen-bond donors (Lipinski definition) is 2. The third-order valence-electron chi connectivity index (χ3n) is 2.87. The van der Waals surface area contributed by atoms with Crippen LogP contribution >= 0.6 is 0 Å².